The molecular weight excluding hydrogens is 410 g/mol. The molecular formula is C20H20BrN3O3. The van der Waals surface area contributed by atoms with Crippen LogP contribution in [0.1, 0.15) is 23.7 Å². The topological polar surface area (TPSA) is 77.1 Å². The number of ether oxygens (including phenoxy) is 1. The standard InChI is InChI=1S/C20H20BrN3O3/c1-2-27-19(26)11-12-23-16-5-3-4-6-17(16)24(20(23)22)13-18(25)14-7-9-15(21)10-8-14/h3-10,22H,2,11-13H2,1H3. The van der Waals surface area contributed by atoms with Gasteiger partial charge in [0.1, 0.15) is 0 Å². The van der Waals surface area contributed by atoms with Gasteiger partial charge in [-0.2, -0.15) is 0 Å². The second-order valence-corrected chi connectivity index (χ2v) is 6.95. The van der Waals surface area contributed by atoms with Crippen molar-refractivity contribution in [1.29, 1.82) is 5.41 Å². The molecule has 0 fully saturated rings. The molecule has 1 heterocycles. The maximum absolute atomic E-state index is 12.7. The summed E-state index contributed by atoms with van der Waals surface area (Å²) in [6.45, 7) is 2.49. The number of hydrogen-bond donors (Lipinski definition) is 1. The molecule has 1 aromatic heterocycles. The maximum Gasteiger partial charge on any atom is 0.307 e. The Bertz CT molecular complexity index is 1030. The van der Waals surface area contributed by atoms with Gasteiger partial charge in [-0.15, -0.1) is 0 Å². The Kier molecular flexibility index (Phi) is 5.91. The lowest BCUT2D eigenvalue weighted by Crippen LogP contribution is -2.28. The molecule has 2 aromatic carbocycles. The number of para-hydroxylation sites is 2. The SMILES string of the molecule is CCOC(=O)CCn1c(=N)n(CC(=O)c2ccc(Br)cc2)c2ccccc21. The summed E-state index contributed by atoms with van der Waals surface area (Å²) in [5.74, 6) is -0.374. The van der Waals surface area contributed by atoms with Crippen LogP contribution in [0.15, 0.2) is 53.0 Å². The number of Topliss-reactive ketones (excluding diaryl/α,β-unsaturated/α-hetero) is 1. The van der Waals surface area contributed by atoms with Gasteiger partial charge >= 0.3 is 5.97 Å². The van der Waals surface area contributed by atoms with Gasteiger partial charge in [0.25, 0.3) is 0 Å². The highest BCUT2D eigenvalue weighted by molar-refractivity contribution is 9.10. The number of nitrogens with one attached hydrogen (secondary N) is 1. The van der Waals surface area contributed by atoms with Gasteiger partial charge < -0.3 is 13.9 Å². The summed E-state index contributed by atoms with van der Waals surface area (Å²) in [6.07, 6.45) is 0.180. The van der Waals surface area contributed by atoms with Crippen molar-refractivity contribution in [3.05, 3.63) is 64.2 Å². The van der Waals surface area contributed by atoms with Crippen molar-refractivity contribution in [2.45, 2.75) is 26.4 Å². The average Bonchev–Trinajstić information content (AvgIpc) is 2.92. The van der Waals surface area contributed by atoms with Crippen molar-refractivity contribution < 1.29 is 14.3 Å². The lowest BCUT2D eigenvalue weighted by atomic mass is 10.1. The summed E-state index contributed by atoms with van der Waals surface area (Å²) in [5, 5.41) is 8.53. The van der Waals surface area contributed by atoms with Crippen LogP contribution in [0.5, 0.6) is 0 Å². The first-order valence-electron chi connectivity index (χ1n) is 8.68. The number of esters is 1. The van der Waals surface area contributed by atoms with Crippen LogP contribution in [0.25, 0.3) is 11.0 Å². The van der Waals surface area contributed by atoms with Crippen LogP contribution >= 0.6 is 15.9 Å². The van der Waals surface area contributed by atoms with Crippen molar-refractivity contribution in [3.63, 3.8) is 0 Å². The largest absolute Gasteiger partial charge is 0.466 e. The Morgan fingerprint density at radius 3 is 2.30 bits per heavy atom. The van der Waals surface area contributed by atoms with Crippen LogP contribution in [0, 0.1) is 5.41 Å². The highest BCUT2D eigenvalue weighted by atomic mass is 79.9. The third-order valence-electron chi connectivity index (χ3n) is 4.29. The van der Waals surface area contributed by atoms with Gasteiger partial charge in [0.15, 0.2) is 5.78 Å². The number of aryl methyl sites for hydroxylation is 1. The fourth-order valence-electron chi connectivity index (χ4n) is 2.99. The maximum atomic E-state index is 12.7. The molecule has 0 saturated heterocycles. The van der Waals surface area contributed by atoms with Crippen molar-refractivity contribution in [1.82, 2.24) is 9.13 Å². The van der Waals surface area contributed by atoms with Gasteiger partial charge in [-0.05, 0) is 31.2 Å². The van der Waals surface area contributed by atoms with Gasteiger partial charge in [-0.1, -0.05) is 40.2 Å². The fraction of sp³-hybridized carbons (Fsp3) is 0.250. The van der Waals surface area contributed by atoms with E-state index in [0.29, 0.717) is 18.7 Å². The summed E-state index contributed by atoms with van der Waals surface area (Å²) in [5.41, 5.74) is 2.38. The molecule has 0 aliphatic heterocycles. The molecule has 27 heavy (non-hydrogen) atoms. The summed E-state index contributed by atoms with van der Waals surface area (Å²) in [6, 6.07) is 14.7. The second kappa shape index (κ2) is 8.35. The van der Waals surface area contributed by atoms with Gasteiger partial charge in [-0.25, -0.2) is 0 Å². The fourth-order valence-corrected chi connectivity index (χ4v) is 3.25. The molecule has 140 valence electrons. The molecule has 0 unspecified atom stereocenters. The summed E-state index contributed by atoms with van der Waals surface area (Å²) < 4.78 is 9.29. The summed E-state index contributed by atoms with van der Waals surface area (Å²) in [7, 11) is 0. The Balaban J connectivity index is 1.92. The number of ketones is 1. The first kappa shape index (κ1) is 19.1. The molecule has 3 aromatic rings. The van der Waals surface area contributed by atoms with E-state index in [1.165, 1.54) is 0 Å². The quantitative estimate of drug-likeness (QED) is 0.460. The molecule has 0 bridgehead atoms. The molecule has 0 aliphatic carbocycles. The molecule has 3 rings (SSSR count). The molecule has 7 heteroatoms. The summed E-state index contributed by atoms with van der Waals surface area (Å²) in [4.78, 5) is 24.4. The van der Waals surface area contributed by atoms with E-state index in [1.807, 2.05) is 36.4 Å². The predicted molar refractivity (Wildman–Crippen MR) is 106 cm³/mol. The number of benzene rings is 2. The summed E-state index contributed by atoms with van der Waals surface area (Å²) >= 11 is 3.36. The molecule has 6 nitrogen and oxygen atoms in total. The van der Waals surface area contributed by atoms with Gasteiger partial charge in [0.05, 0.1) is 30.6 Å². The van der Waals surface area contributed by atoms with E-state index in [-0.39, 0.29) is 30.3 Å². The minimum absolute atomic E-state index is 0.0629. The number of aromatic nitrogens is 2. The smallest absolute Gasteiger partial charge is 0.307 e. The molecule has 0 aliphatic rings. The molecule has 0 radical (unpaired) electrons. The molecule has 1 N–H and O–H groups in total. The van der Waals surface area contributed by atoms with Crippen molar-refractivity contribution in [3.8, 4) is 0 Å². The molecule has 0 atom stereocenters. The first-order chi connectivity index (χ1) is 13.0. The van der Waals surface area contributed by atoms with Crippen LogP contribution in [0.4, 0.5) is 0 Å². The van der Waals surface area contributed by atoms with E-state index in [9.17, 15) is 9.59 Å². The molecule has 0 amide bonds. The predicted octanol–water partition coefficient (Wildman–Crippen LogP) is 3.52. The lowest BCUT2D eigenvalue weighted by molar-refractivity contribution is -0.143. The first-order valence-corrected chi connectivity index (χ1v) is 9.47. The zero-order valence-electron chi connectivity index (χ0n) is 14.9. The van der Waals surface area contributed by atoms with Crippen molar-refractivity contribution in [2.75, 3.05) is 6.61 Å². The van der Waals surface area contributed by atoms with E-state index < -0.39 is 0 Å². The molecule has 0 saturated carbocycles. The monoisotopic (exact) mass is 429 g/mol. The second-order valence-electron chi connectivity index (χ2n) is 6.04. The van der Waals surface area contributed by atoms with Crippen LogP contribution in [-0.4, -0.2) is 27.5 Å². The zero-order chi connectivity index (χ0) is 19.4. The highest BCUT2D eigenvalue weighted by Crippen LogP contribution is 2.15. The highest BCUT2D eigenvalue weighted by Gasteiger charge is 2.15. The number of rotatable bonds is 7. The lowest BCUT2D eigenvalue weighted by Gasteiger charge is -2.05. The van der Waals surface area contributed by atoms with Gasteiger partial charge in [0, 0.05) is 16.6 Å². The van der Waals surface area contributed by atoms with Gasteiger partial charge in [0.2, 0.25) is 5.62 Å². The Labute approximate surface area is 165 Å². The normalized spacial score (nSPS) is 10.9. The number of hydrogen-bond acceptors (Lipinski definition) is 4. The third-order valence-corrected chi connectivity index (χ3v) is 4.82. The van der Waals surface area contributed by atoms with Gasteiger partial charge in [-0.3, -0.25) is 15.0 Å². The Morgan fingerprint density at radius 1 is 1.04 bits per heavy atom. The third kappa shape index (κ3) is 4.19. The van der Waals surface area contributed by atoms with E-state index in [2.05, 4.69) is 15.9 Å². The number of halogens is 1. The molecule has 0 spiro atoms. The van der Waals surface area contributed by atoms with E-state index >= 15 is 0 Å². The van der Waals surface area contributed by atoms with Crippen LogP contribution < -0.4 is 5.62 Å². The van der Waals surface area contributed by atoms with E-state index in [4.69, 9.17) is 10.1 Å². The minimum atomic E-state index is -0.299. The number of imidazole rings is 1. The van der Waals surface area contributed by atoms with Crippen molar-refractivity contribution >= 4 is 38.7 Å². The van der Waals surface area contributed by atoms with E-state index in [1.54, 1.807) is 28.2 Å². The van der Waals surface area contributed by atoms with Crippen LogP contribution in [0.2, 0.25) is 0 Å². The Morgan fingerprint density at radius 2 is 1.67 bits per heavy atom. The van der Waals surface area contributed by atoms with Crippen LogP contribution in [-0.2, 0) is 22.6 Å². The number of carbonyl (C=O) groups is 2. The van der Waals surface area contributed by atoms with Crippen molar-refractivity contribution in [2.24, 2.45) is 0 Å². The van der Waals surface area contributed by atoms with Crippen LogP contribution in [0.3, 0.4) is 0 Å². The minimum Gasteiger partial charge on any atom is -0.466 e. The van der Waals surface area contributed by atoms with E-state index in [0.717, 1.165) is 15.5 Å². The number of carbonyl (C=O) groups excluding carboxylic acids is 2. The number of nitrogens with zero attached hydrogens (tertiary/aromatic N) is 2. The number of fused-ring (bicyclic) bond motifs is 1. The average molecular weight is 430 g/mol. The Hall–Kier alpha value is -2.67. The zero-order valence-corrected chi connectivity index (χ0v) is 16.5.